The summed E-state index contributed by atoms with van der Waals surface area (Å²) < 4.78 is 13.3. The van der Waals surface area contributed by atoms with Crippen LogP contribution in [-0.2, 0) is 26.7 Å². The van der Waals surface area contributed by atoms with E-state index in [2.05, 4.69) is 55.1 Å². The fourth-order valence-corrected chi connectivity index (χ4v) is 3.26. The molecule has 6 heteroatoms. The number of benzene rings is 1. The molecule has 0 aliphatic rings. The number of nitrogens with zero attached hydrogens (tertiary/aromatic N) is 3. The minimum Gasteiger partial charge on any atom is -0.454 e. The number of carbonyl (C=O) groups excluding carboxylic acids is 1. The Bertz CT molecular complexity index is 1010. The van der Waals surface area contributed by atoms with E-state index in [1.165, 1.54) is 5.56 Å². The molecule has 0 bridgehead atoms. The van der Waals surface area contributed by atoms with Crippen LogP contribution >= 0.6 is 0 Å². The highest BCUT2D eigenvalue weighted by molar-refractivity contribution is 6.18. The Morgan fingerprint density at radius 1 is 1.06 bits per heavy atom. The summed E-state index contributed by atoms with van der Waals surface area (Å²) in [5.74, 6) is 0.247. The molecule has 1 aromatic heterocycles. The molecule has 6 nitrogen and oxygen atoms in total. The van der Waals surface area contributed by atoms with Gasteiger partial charge >= 0.3 is 5.97 Å². The second-order valence-corrected chi connectivity index (χ2v) is 10.1. The van der Waals surface area contributed by atoms with Gasteiger partial charge in [0.1, 0.15) is 5.69 Å². The SMILES string of the molecule is CN=C/C(=C(/OCOC(=O)C(C)(C)C)c1c(C)c(C)nn1C)c1ccc(C(C)(C)C)cc1. The maximum atomic E-state index is 12.3. The monoisotopic (exact) mass is 439 g/mol. The summed E-state index contributed by atoms with van der Waals surface area (Å²) in [5, 5.41) is 4.55. The molecule has 1 heterocycles. The Morgan fingerprint density at radius 2 is 1.66 bits per heavy atom. The summed E-state index contributed by atoms with van der Waals surface area (Å²) in [6.07, 6.45) is 1.77. The Kier molecular flexibility index (Phi) is 7.70. The number of aromatic nitrogens is 2. The van der Waals surface area contributed by atoms with Crippen molar-refractivity contribution in [2.45, 2.75) is 60.8 Å². The molecule has 174 valence electrons. The molecule has 0 saturated carbocycles. The molecule has 0 unspecified atom stereocenters. The first-order valence-electron chi connectivity index (χ1n) is 10.8. The summed E-state index contributed by atoms with van der Waals surface area (Å²) in [6, 6.07) is 8.39. The van der Waals surface area contributed by atoms with E-state index in [9.17, 15) is 4.79 Å². The lowest BCUT2D eigenvalue weighted by Crippen LogP contribution is -2.24. The van der Waals surface area contributed by atoms with E-state index in [-0.39, 0.29) is 18.2 Å². The van der Waals surface area contributed by atoms with E-state index in [1.54, 1.807) is 17.9 Å². The minimum atomic E-state index is -0.608. The van der Waals surface area contributed by atoms with Crippen LogP contribution in [0.4, 0.5) is 0 Å². The van der Waals surface area contributed by atoms with Gasteiger partial charge in [0, 0.05) is 31.4 Å². The van der Waals surface area contributed by atoms with E-state index in [0.29, 0.717) is 5.76 Å². The van der Waals surface area contributed by atoms with E-state index in [1.807, 2.05) is 41.7 Å². The fourth-order valence-electron chi connectivity index (χ4n) is 3.26. The lowest BCUT2D eigenvalue weighted by Gasteiger charge is -2.21. The molecule has 0 N–H and O–H groups in total. The number of rotatable bonds is 6. The number of hydrogen-bond donors (Lipinski definition) is 0. The first-order chi connectivity index (χ1) is 14.8. The molecule has 0 radical (unpaired) electrons. The van der Waals surface area contributed by atoms with Crippen LogP contribution in [0.15, 0.2) is 29.3 Å². The molecule has 1 aromatic carbocycles. The summed E-state index contributed by atoms with van der Waals surface area (Å²) in [7, 11) is 3.60. The molecule has 0 spiro atoms. The first kappa shape index (κ1) is 25.4. The van der Waals surface area contributed by atoms with Gasteiger partial charge in [-0.25, -0.2) is 0 Å². The molecule has 0 aliphatic carbocycles. The summed E-state index contributed by atoms with van der Waals surface area (Å²) in [5.41, 5.74) is 5.17. The minimum absolute atomic E-state index is 0.0531. The maximum Gasteiger partial charge on any atom is 0.314 e. The third kappa shape index (κ3) is 5.87. The molecule has 32 heavy (non-hydrogen) atoms. The Balaban J connectivity index is 2.60. The average Bonchev–Trinajstić information content (AvgIpc) is 2.94. The molecule has 0 atom stereocenters. The third-order valence-corrected chi connectivity index (χ3v) is 5.31. The Labute approximate surface area is 192 Å². The van der Waals surface area contributed by atoms with Crippen molar-refractivity contribution >= 4 is 23.5 Å². The maximum absolute atomic E-state index is 12.3. The summed E-state index contributed by atoms with van der Waals surface area (Å²) in [6.45, 7) is 15.8. The Morgan fingerprint density at radius 3 is 2.09 bits per heavy atom. The molecular formula is C26H37N3O3. The van der Waals surface area contributed by atoms with Gasteiger partial charge in [0.2, 0.25) is 6.79 Å². The zero-order valence-electron chi connectivity index (χ0n) is 21.2. The van der Waals surface area contributed by atoms with E-state index >= 15 is 0 Å². The summed E-state index contributed by atoms with van der Waals surface area (Å²) in [4.78, 5) is 16.5. The number of carbonyl (C=O) groups is 1. The number of hydrogen-bond acceptors (Lipinski definition) is 5. The molecule has 0 amide bonds. The van der Waals surface area contributed by atoms with Crippen LogP contribution in [0.3, 0.4) is 0 Å². The molecule has 0 fully saturated rings. The highest BCUT2D eigenvalue weighted by atomic mass is 16.7. The van der Waals surface area contributed by atoms with Gasteiger partial charge in [0.05, 0.1) is 11.1 Å². The number of aliphatic imine (C=N–C) groups is 1. The van der Waals surface area contributed by atoms with Gasteiger partial charge < -0.3 is 9.47 Å². The van der Waals surface area contributed by atoms with Crippen molar-refractivity contribution in [3.05, 3.63) is 52.3 Å². The van der Waals surface area contributed by atoms with E-state index in [4.69, 9.17) is 9.47 Å². The highest BCUT2D eigenvalue weighted by Gasteiger charge is 2.25. The lowest BCUT2D eigenvalue weighted by atomic mass is 9.86. The van der Waals surface area contributed by atoms with Gasteiger partial charge in [-0.3, -0.25) is 14.5 Å². The van der Waals surface area contributed by atoms with E-state index < -0.39 is 5.41 Å². The fraction of sp³-hybridized carbons (Fsp3) is 0.500. The van der Waals surface area contributed by atoms with Gasteiger partial charge in [0.15, 0.2) is 5.76 Å². The molecular weight excluding hydrogens is 402 g/mol. The van der Waals surface area contributed by atoms with Crippen molar-refractivity contribution in [1.82, 2.24) is 9.78 Å². The van der Waals surface area contributed by atoms with Crippen LogP contribution in [0.1, 0.15) is 69.6 Å². The molecule has 0 aliphatic heterocycles. The van der Waals surface area contributed by atoms with Crippen molar-refractivity contribution in [2.24, 2.45) is 17.5 Å². The van der Waals surface area contributed by atoms with Crippen molar-refractivity contribution in [2.75, 3.05) is 13.8 Å². The topological polar surface area (TPSA) is 65.7 Å². The van der Waals surface area contributed by atoms with Gasteiger partial charge in [-0.2, -0.15) is 5.10 Å². The van der Waals surface area contributed by atoms with Crippen LogP contribution in [0.2, 0.25) is 0 Å². The zero-order valence-corrected chi connectivity index (χ0v) is 21.2. The van der Waals surface area contributed by atoms with Gasteiger partial charge in [-0.05, 0) is 51.2 Å². The normalized spacial score (nSPS) is 13.3. The molecule has 2 rings (SSSR count). The smallest absolute Gasteiger partial charge is 0.314 e. The van der Waals surface area contributed by atoms with Gasteiger partial charge in [-0.1, -0.05) is 45.0 Å². The number of esters is 1. The average molecular weight is 440 g/mol. The van der Waals surface area contributed by atoms with Crippen LogP contribution in [0.25, 0.3) is 11.3 Å². The largest absolute Gasteiger partial charge is 0.454 e. The van der Waals surface area contributed by atoms with Crippen molar-refractivity contribution < 1.29 is 14.3 Å². The van der Waals surface area contributed by atoms with Crippen molar-refractivity contribution in [1.29, 1.82) is 0 Å². The van der Waals surface area contributed by atoms with Crippen LogP contribution in [0.5, 0.6) is 0 Å². The number of allylic oxidation sites excluding steroid dienone is 1. The predicted octanol–water partition coefficient (Wildman–Crippen LogP) is 5.47. The van der Waals surface area contributed by atoms with Gasteiger partial charge in [0.25, 0.3) is 0 Å². The van der Waals surface area contributed by atoms with Gasteiger partial charge in [-0.15, -0.1) is 0 Å². The van der Waals surface area contributed by atoms with Crippen LogP contribution in [0, 0.1) is 19.3 Å². The van der Waals surface area contributed by atoms with Crippen LogP contribution < -0.4 is 0 Å². The van der Waals surface area contributed by atoms with Crippen molar-refractivity contribution in [3.8, 4) is 0 Å². The second-order valence-electron chi connectivity index (χ2n) is 10.1. The molecule has 2 aromatic rings. The third-order valence-electron chi connectivity index (χ3n) is 5.31. The highest BCUT2D eigenvalue weighted by Crippen LogP contribution is 2.31. The molecule has 0 saturated heterocycles. The van der Waals surface area contributed by atoms with Crippen molar-refractivity contribution in [3.63, 3.8) is 0 Å². The first-order valence-corrected chi connectivity index (χ1v) is 10.8. The van der Waals surface area contributed by atoms with E-state index in [0.717, 1.165) is 28.1 Å². The second kappa shape index (κ2) is 9.72. The predicted molar refractivity (Wildman–Crippen MR) is 131 cm³/mol. The number of aryl methyl sites for hydroxylation is 2. The lowest BCUT2D eigenvalue weighted by molar-refractivity contribution is -0.161. The zero-order chi connectivity index (χ0) is 24.3. The quantitative estimate of drug-likeness (QED) is 0.259. The summed E-state index contributed by atoms with van der Waals surface area (Å²) >= 11 is 0. The standard InChI is InChI=1S/C26H37N3O3/c1-17-18(2)28-29(10)22(17)23(31-16-32-24(30)26(6,7)8)21(15-27-9)19-11-13-20(14-12-19)25(3,4)5/h11-15H,16H2,1-10H3/b23-21-,27-15?. The Hall–Kier alpha value is -2.89. The number of ether oxygens (including phenoxy) is 2. The van der Waals surface area contributed by atoms with Crippen LogP contribution in [-0.4, -0.2) is 35.8 Å².